The second-order valence-electron chi connectivity index (χ2n) is 7.81. The van der Waals surface area contributed by atoms with E-state index in [1.54, 1.807) is 17.0 Å². The maximum atomic E-state index is 14.0. The lowest BCUT2D eigenvalue weighted by Crippen LogP contribution is -2.36. The number of fused-ring (bicyclic) bond motifs is 3. The number of carbonyl (C=O) groups excluding carboxylic acids is 1. The van der Waals surface area contributed by atoms with E-state index in [4.69, 9.17) is 9.72 Å². The van der Waals surface area contributed by atoms with E-state index in [9.17, 15) is 9.18 Å². The predicted octanol–water partition coefficient (Wildman–Crippen LogP) is 2.92. The Morgan fingerprint density at radius 2 is 1.90 bits per heavy atom. The molecule has 0 atom stereocenters. The number of carbonyl (C=O) groups is 1. The van der Waals surface area contributed by atoms with Gasteiger partial charge in [0.25, 0.3) is 5.91 Å². The maximum Gasteiger partial charge on any atom is 0.256 e. The average molecular weight is 409 g/mol. The van der Waals surface area contributed by atoms with Crippen LogP contribution < -0.4 is 10.2 Å². The molecular formula is C22H24FN5O2. The number of benzene rings is 1. The van der Waals surface area contributed by atoms with Crippen molar-refractivity contribution in [3.63, 3.8) is 0 Å². The van der Waals surface area contributed by atoms with Crippen LogP contribution in [-0.2, 0) is 18.2 Å². The first kappa shape index (κ1) is 18.9. The van der Waals surface area contributed by atoms with Gasteiger partial charge in [-0.2, -0.15) is 0 Å². The second-order valence-corrected chi connectivity index (χ2v) is 7.81. The lowest BCUT2D eigenvalue weighted by atomic mass is 10.0. The minimum Gasteiger partial charge on any atom is -0.378 e. The Morgan fingerprint density at radius 3 is 2.70 bits per heavy atom. The fourth-order valence-electron chi connectivity index (χ4n) is 4.33. The molecule has 2 aliphatic rings. The van der Waals surface area contributed by atoms with Crippen LogP contribution in [0, 0.1) is 5.82 Å². The van der Waals surface area contributed by atoms with Crippen molar-refractivity contribution in [2.24, 2.45) is 7.05 Å². The monoisotopic (exact) mass is 409 g/mol. The zero-order valence-corrected chi connectivity index (χ0v) is 17.1. The first-order chi connectivity index (χ1) is 14.5. The van der Waals surface area contributed by atoms with Gasteiger partial charge in [-0.15, -0.1) is 0 Å². The van der Waals surface area contributed by atoms with Crippen LogP contribution in [0.25, 0.3) is 11.0 Å². The van der Waals surface area contributed by atoms with Gasteiger partial charge >= 0.3 is 0 Å². The Kier molecular flexibility index (Phi) is 4.58. The molecule has 0 aliphatic carbocycles. The number of amides is 1. The molecule has 0 spiro atoms. The predicted molar refractivity (Wildman–Crippen MR) is 114 cm³/mol. The molecule has 1 amide bonds. The standard InChI is InChI=1S/C22H24FN5O2/c1-26-8-7-17-20(22(26)29)15-4-6-19(25-21(15)27(17)2)24-16-5-3-14(23)13-18(16)28-9-11-30-12-10-28/h3-6,13H,7-12H2,1-2H3,(H,24,25). The van der Waals surface area contributed by atoms with Crippen molar-refractivity contribution in [3.8, 4) is 0 Å². The normalized spacial score (nSPS) is 16.8. The van der Waals surface area contributed by atoms with Gasteiger partial charge in [0.05, 0.1) is 30.2 Å². The summed E-state index contributed by atoms with van der Waals surface area (Å²) in [5.41, 5.74) is 4.12. The third-order valence-corrected chi connectivity index (χ3v) is 5.97. The van der Waals surface area contributed by atoms with Crippen LogP contribution in [0.3, 0.4) is 0 Å². The number of nitrogens with zero attached hydrogens (tertiary/aromatic N) is 4. The lowest BCUT2D eigenvalue weighted by Gasteiger charge is -2.30. The van der Waals surface area contributed by atoms with E-state index >= 15 is 0 Å². The van der Waals surface area contributed by atoms with Crippen LogP contribution in [-0.4, -0.2) is 60.3 Å². The molecule has 30 heavy (non-hydrogen) atoms. The average Bonchev–Trinajstić information content (AvgIpc) is 3.05. The third kappa shape index (κ3) is 3.08. The van der Waals surface area contributed by atoms with E-state index in [0.29, 0.717) is 38.7 Å². The summed E-state index contributed by atoms with van der Waals surface area (Å²) in [7, 11) is 3.78. The van der Waals surface area contributed by atoms with Gasteiger partial charge in [-0.05, 0) is 30.3 Å². The quantitative estimate of drug-likeness (QED) is 0.721. The Morgan fingerprint density at radius 1 is 1.10 bits per heavy atom. The van der Waals surface area contributed by atoms with Crippen molar-refractivity contribution in [1.82, 2.24) is 14.5 Å². The van der Waals surface area contributed by atoms with E-state index in [1.165, 1.54) is 6.07 Å². The molecule has 1 fully saturated rings. The third-order valence-electron chi connectivity index (χ3n) is 5.97. The molecule has 1 N–H and O–H groups in total. The molecule has 2 aromatic heterocycles. The Balaban J connectivity index is 1.53. The summed E-state index contributed by atoms with van der Waals surface area (Å²) in [6.45, 7) is 3.38. The molecule has 0 unspecified atom stereocenters. The maximum absolute atomic E-state index is 14.0. The molecule has 0 radical (unpaired) electrons. The molecule has 4 heterocycles. The fraction of sp³-hybridized carbons (Fsp3) is 0.364. The van der Waals surface area contributed by atoms with Crippen LogP contribution in [0.1, 0.15) is 16.1 Å². The van der Waals surface area contributed by atoms with Crippen molar-refractivity contribution in [2.45, 2.75) is 6.42 Å². The number of hydrogen-bond acceptors (Lipinski definition) is 5. The molecular weight excluding hydrogens is 385 g/mol. The first-order valence-electron chi connectivity index (χ1n) is 10.2. The van der Waals surface area contributed by atoms with E-state index < -0.39 is 0 Å². The molecule has 3 aromatic rings. The van der Waals surface area contributed by atoms with Gasteiger partial charge in [-0.3, -0.25) is 4.79 Å². The summed E-state index contributed by atoms with van der Waals surface area (Å²) in [5.74, 6) is 0.420. The number of hydrogen-bond donors (Lipinski definition) is 1. The SMILES string of the molecule is CN1CCc2c(c3ccc(Nc4ccc(F)cc4N4CCOCC4)nc3n2C)C1=O. The number of rotatable bonds is 3. The zero-order valence-electron chi connectivity index (χ0n) is 17.1. The van der Waals surface area contributed by atoms with Gasteiger partial charge in [0.2, 0.25) is 0 Å². The van der Waals surface area contributed by atoms with Crippen LogP contribution >= 0.6 is 0 Å². The van der Waals surface area contributed by atoms with Gasteiger partial charge < -0.3 is 24.4 Å². The summed E-state index contributed by atoms with van der Waals surface area (Å²) in [4.78, 5) is 21.3. The minimum atomic E-state index is -0.275. The van der Waals surface area contributed by atoms with Gasteiger partial charge in [0, 0.05) is 51.2 Å². The highest BCUT2D eigenvalue weighted by molar-refractivity contribution is 6.08. The molecule has 156 valence electrons. The zero-order chi connectivity index (χ0) is 20.8. The summed E-state index contributed by atoms with van der Waals surface area (Å²) in [6, 6.07) is 8.54. The highest BCUT2D eigenvalue weighted by atomic mass is 19.1. The van der Waals surface area contributed by atoms with Gasteiger partial charge in [0.1, 0.15) is 17.3 Å². The smallest absolute Gasteiger partial charge is 0.256 e. The lowest BCUT2D eigenvalue weighted by molar-refractivity contribution is 0.0781. The molecule has 2 aliphatic heterocycles. The number of nitrogens with one attached hydrogen (secondary N) is 1. The van der Waals surface area contributed by atoms with Crippen molar-refractivity contribution in [2.75, 3.05) is 50.1 Å². The van der Waals surface area contributed by atoms with E-state index in [1.807, 2.05) is 30.8 Å². The number of aryl methyl sites for hydroxylation is 1. The van der Waals surface area contributed by atoms with Crippen molar-refractivity contribution in [1.29, 1.82) is 0 Å². The Hall–Kier alpha value is -3.13. The number of halogens is 1. The second kappa shape index (κ2) is 7.28. The molecule has 7 nitrogen and oxygen atoms in total. The number of likely N-dealkylation sites (N-methyl/N-ethyl adjacent to an activating group) is 1. The van der Waals surface area contributed by atoms with Crippen molar-refractivity contribution >= 4 is 34.1 Å². The molecule has 8 heteroatoms. The van der Waals surface area contributed by atoms with Gasteiger partial charge in [0.15, 0.2) is 0 Å². The Bertz CT molecular complexity index is 1140. The first-order valence-corrected chi connectivity index (χ1v) is 10.2. The number of morpholine rings is 1. The van der Waals surface area contributed by atoms with Gasteiger partial charge in [-0.1, -0.05) is 0 Å². The number of anilines is 3. The molecule has 5 rings (SSSR count). The summed E-state index contributed by atoms with van der Waals surface area (Å²) < 4.78 is 21.4. The molecule has 0 bridgehead atoms. The van der Waals surface area contributed by atoms with Crippen LogP contribution in [0.5, 0.6) is 0 Å². The van der Waals surface area contributed by atoms with Crippen LogP contribution in [0.15, 0.2) is 30.3 Å². The highest BCUT2D eigenvalue weighted by Gasteiger charge is 2.28. The summed E-state index contributed by atoms with van der Waals surface area (Å²) in [5, 5.41) is 4.21. The molecule has 1 saturated heterocycles. The highest BCUT2D eigenvalue weighted by Crippen LogP contribution is 2.33. The minimum absolute atomic E-state index is 0.0393. The Labute approximate surface area is 174 Å². The largest absolute Gasteiger partial charge is 0.378 e. The van der Waals surface area contributed by atoms with Crippen molar-refractivity contribution in [3.05, 3.63) is 47.4 Å². The number of pyridine rings is 1. The van der Waals surface area contributed by atoms with Gasteiger partial charge in [-0.25, -0.2) is 9.37 Å². The van der Waals surface area contributed by atoms with Crippen LogP contribution in [0.2, 0.25) is 0 Å². The fourth-order valence-corrected chi connectivity index (χ4v) is 4.33. The van der Waals surface area contributed by atoms with E-state index in [-0.39, 0.29) is 11.7 Å². The topological polar surface area (TPSA) is 62.6 Å². The van der Waals surface area contributed by atoms with E-state index in [0.717, 1.165) is 40.1 Å². The summed E-state index contributed by atoms with van der Waals surface area (Å²) in [6.07, 6.45) is 0.812. The molecule has 1 aromatic carbocycles. The summed E-state index contributed by atoms with van der Waals surface area (Å²) >= 11 is 0. The molecule has 0 saturated carbocycles. The van der Waals surface area contributed by atoms with Crippen LogP contribution in [0.4, 0.5) is 21.6 Å². The number of ether oxygens (including phenoxy) is 1. The number of aromatic nitrogens is 2. The van der Waals surface area contributed by atoms with Crippen molar-refractivity contribution < 1.29 is 13.9 Å². The van der Waals surface area contributed by atoms with E-state index in [2.05, 4.69) is 10.2 Å².